The SMILES string of the molecule is CCc1ncc(S(=O)(=O)Nc2ccc(C)cc2F)[nH]1. The van der Waals surface area contributed by atoms with Gasteiger partial charge in [-0.1, -0.05) is 13.0 Å². The van der Waals surface area contributed by atoms with Crippen LogP contribution in [0, 0.1) is 12.7 Å². The number of aryl methyl sites for hydroxylation is 2. The minimum Gasteiger partial charge on any atom is -0.332 e. The minimum atomic E-state index is -3.85. The number of hydrogen-bond donors (Lipinski definition) is 2. The van der Waals surface area contributed by atoms with Gasteiger partial charge >= 0.3 is 0 Å². The molecule has 1 aromatic carbocycles. The molecule has 0 saturated heterocycles. The first kappa shape index (κ1) is 13.5. The molecular weight excluding hydrogens is 269 g/mol. The number of anilines is 1. The van der Waals surface area contributed by atoms with Crippen LogP contribution in [0.15, 0.2) is 29.4 Å². The van der Waals surface area contributed by atoms with Crippen molar-refractivity contribution >= 4 is 15.7 Å². The molecular formula is C12H14FN3O2S. The van der Waals surface area contributed by atoms with Crippen LogP contribution in [-0.2, 0) is 16.4 Å². The summed E-state index contributed by atoms with van der Waals surface area (Å²) in [6.07, 6.45) is 1.81. The van der Waals surface area contributed by atoms with Crippen LogP contribution in [-0.4, -0.2) is 18.4 Å². The predicted octanol–water partition coefficient (Wildman–Crippen LogP) is 2.22. The summed E-state index contributed by atoms with van der Waals surface area (Å²) in [6, 6.07) is 4.28. The third kappa shape index (κ3) is 2.93. The van der Waals surface area contributed by atoms with Crippen LogP contribution in [0.5, 0.6) is 0 Å². The van der Waals surface area contributed by atoms with E-state index in [-0.39, 0.29) is 10.7 Å². The first-order chi connectivity index (χ1) is 8.92. The van der Waals surface area contributed by atoms with Gasteiger partial charge in [0, 0.05) is 6.42 Å². The Morgan fingerprint density at radius 3 is 2.74 bits per heavy atom. The Morgan fingerprint density at radius 1 is 1.42 bits per heavy atom. The Kier molecular flexibility index (Phi) is 3.57. The lowest BCUT2D eigenvalue weighted by atomic mass is 10.2. The van der Waals surface area contributed by atoms with Crippen LogP contribution in [0.1, 0.15) is 18.3 Å². The third-order valence-corrected chi connectivity index (χ3v) is 3.87. The van der Waals surface area contributed by atoms with Crippen molar-refractivity contribution in [1.29, 1.82) is 0 Å². The summed E-state index contributed by atoms with van der Waals surface area (Å²) in [5, 5.41) is -0.0793. The van der Waals surface area contributed by atoms with Gasteiger partial charge in [-0.05, 0) is 24.6 Å². The third-order valence-electron chi connectivity index (χ3n) is 2.60. The average Bonchev–Trinajstić information content (AvgIpc) is 2.82. The molecule has 102 valence electrons. The number of imidazole rings is 1. The second-order valence-electron chi connectivity index (χ2n) is 4.14. The molecule has 0 aliphatic carbocycles. The zero-order valence-corrected chi connectivity index (χ0v) is 11.4. The number of nitrogens with one attached hydrogen (secondary N) is 2. The summed E-state index contributed by atoms with van der Waals surface area (Å²) in [5.74, 6) is -0.0523. The van der Waals surface area contributed by atoms with Crippen molar-refractivity contribution in [1.82, 2.24) is 9.97 Å². The van der Waals surface area contributed by atoms with Crippen LogP contribution in [0.4, 0.5) is 10.1 Å². The quantitative estimate of drug-likeness (QED) is 0.903. The number of hydrogen-bond acceptors (Lipinski definition) is 3. The molecule has 0 aliphatic rings. The van der Waals surface area contributed by atoms with Gasteiger partial charge in [-0.25, -0.2) is 9.37 Å². The predicted molar refractivity (Wildman–Crippen MR) is 69.9 cm³/mol. The fraction of sp³-hybridized carbons (Fsp3) is 0.250. The normalized spacial score (nSPS) is 11.5. The number of H-pyrrole nitrogens is 1. The number of halogens is 1. The van der Waals surface area contributed by atoms with Gasteiger partial charge in [0.2, 0.25) is 0 Å². The van der Waals surface area contributed by atoms with Crippen LogP contribution >= 0.6 is 0 Å². The van der Waals surface area contributed by atoms with E-state index in [1.807, 2.05) is 6.92 Å². The standard InChI is InChI=1S/C12H14FN3O2S/c1-3-11-14-7-12(15-11)19(17,18)16-10-5-4-8(2)6-9(10)13/h4-7,16H,3H2,1-2H3,(H,14,15). The number of aromatic nitrogens is 2. The van der Waals surface area contributed by atoms with Crippen molar-refractivity contribution in [3.05, 3.63) is 41.6 Å². The van der Waals surface area contributed by atoms with Crippen LogP contribution in [0.25, 0.3) is 0 Å². The molecule has 5 nitrogen and oxygen atoms in total. The highest BCUT2D eigenvalue weighted by molar-refractivity contribution is 7.92. The van der Waals surface area contributed by atoms with E-state index in [0.29, 0.717) is 12.2 Å². The van der Waals surface area contributed by atoms with Crippen LogP contribution in [0.2, 0.25) is 0 Å². The average molecular weight is 283 g/mol. The monoisotopic (exact) mass is 283 g/mol. The van der Waals surface area contributed by atoms with Gasteiger partial charge in [0.1, 0.15) is 11.6 Å². The number of sulfonamides is 1. The van der Waals surface area contributed by atoms with Gasteiger partial charge < -0.3 is 4.98 Å². The van der Waals surface area contributed by atoms with E-state index >= 15 is 0 Å². The molecule has 2 N–H and O–H groups in total. The topological polar surface area (TPSA) is 74.8 Å². The molecule has 1 heterocycles. The molecule has 0 saturated carbocycles. The van der Waals surface area contributed by atoms with Crippen molar-refractivity contribution < 1.29 is 12.8 Å². The van der Waals surface area contributed by atoms with E-state index in [9.17, 15) is 12.8 Å². The summed E-state index contributed by atoms with van der Waals surface area (Å²) in [7, 11) is -3.85. The maximum absolute atomic E-state index is 13.6. The van der Waals surface area contributed by atoms with Crippen molar-refractivity contribution in [2.45, 2.75) is 25.3 Å². The van der Waals surface area contributed by atoms with Crippen molar-refractivity contribution in [3.63, 3.8) is 0 Å². The lowest BCUT2D eigenvalue weighted by molar-refractivity contribution is 0.595. The largest absolute Gasteiger partial charge is 0.332 e. The summed E-state index contributed by atoms with van der Waals surface area (Å²) in [6.45, 7) is 3.58. The summed E-state index contributed by atoms with van der Waals surface area (Å²) >= 11 is 0. The zero-order chi connectivity index (χ0) is 14.0. The van der Waals surface area contributed by atoms with Crippen molar-refractivity contribution in [2.24, 2.45) is 0 Å². The fourth-order valence-corrected chi connectivity index (χ4v) is 2.57. The molecule has 7 heteroatoms. The van der Waals surface area contributed by atoms with Crippen molar-refractivity contribution in [3.8, 4) is 0 Å². The van der Waals surface area contributed by atoms with Gasteiger partial charge in [0.25, 0.3) is 10.0 Å². The molecule has 0 unspecified atom stereocenters. The highest BCUT2D eigenvalue weighted by atomic mass is 32.2. The number of nitrogens with zero attached hydrogens (tertiary/aromatic N) is 1. The minimum absolute atomic E-state index is 0.0793. The number of rotatable bonds is 4. The molecule has 0 amide bonds. The maximum Gasteiger partial charge on any atom is 0.279 e. The Hall–Kier alpha value is -1.89. The Balaban J connectivity index is 2.30. The van der Waals surface area contributed by atoms with E-state index in [2.05, 4.69) is 14.7 Å². The van der Waals surface area contributed by atoms with E-state index < -0.39 is 15.8 Å². The molecule has 2 rings (SSSR count). The Bertz CT molecular complexity index is 695. The molecule has 0 bridgehead atoms. The smallest absolute Gasteiger partial charge is 0.279 e. The number of aromatic amines is 1. The van der Waals surface area contributed by atoms with Gasteiger partial charge in [-0.2, -0.15) is 8.42 Å². The first-order valence-electron chi connectivity index (χ1n) is 5.75. The van der Waals surface area contributed by atoms with E-state index in [4.69, 9.17) is 0 Å². The molecule has 0 spiro atoms. The van der Waals surface area contributed by atoms with Crippen LogP contribution in [0.3, 0.4) is 0 Å². The molecule has 0 atom stereocenters. The lowest BCUT2D eigenvalue weighted by Gasteiger charge is -2.07. The zero-order valence-electron chi connectivity index (χ0n) is 10.6. The Morgan fingerprint density at radius 2 is 2.16 bits per heavy atom. The van der Waals surface area contributed by atoms with Gasteiger partial charge in [0.15, 0.2) is 5.03 Å². The highest BCUT2D eigenvalue weighted by Crippen LogP contribution is 2.19. The van der Waals surface area contributed by atoms with Crippen molar-refractivity contribution in [2.75, 3.05) is 4.72 Å². The Labute approximate surface area is 110 Å². The van der Waals surface area contributed by atoms with Gasteiger partial charge in [0.05, 0.1) is 11.9 Å². The fourth-order valence-electron chi connectivity index (χ4n) is 1.56. The summed E-state index contributed by atoms with van der Waals surface area (Å²) in [4.78, 5) is 6.58. The maximum atomic E-state index is 13.6. The van der Waals surface area contributed by atoms with E-state index in [1.54, 1.807) is 13.0 Å². The molecule has 1 aromatic heterocycles. The molecule has 0 aliphatic heterocycles. The second kappa shape index (κ2) is 5.00. The van der Waals surface area contributed by atoms with E-state index in [0.717, 1.165) is 5.56 Å². The van der Waals surface area contributed by atoms with Gasteiger partial charge in [-0.3, -0.25) is 4.72 Å². The van der Waals surface area contributed by atoms with Gasteiger partial charge in [-0.15, -0.1) is 0 Å². The molecule has 2 aromatic rings. The summed E-state index contributed by atoms with van der Waals surface area (Å²) < 4.78 is 39.8. The highest BCUT2D eigenvalue weighted by Gasteiger charge is 2.18. The lowest BCUT2D eigenvalue weighted by Crippen LogP contribution is -2.14. The van der Waals surface area contributed by atoms with Crippen LogP contribution < -0.4 is 4.72 Å². The van der Waals surface area contributed by atoms with E-state index in [1.165, 1.54) is 18.3 Å². The number of benzene rings is 1. The molecule has 0 fully saturated rings. The summed E-state index contributed by atoms with van der Waals surface area (Å²) in [5.41, 5.74) is 0.633. The first-order valence-corrected chi connectivity index (χ1v) is 7.23. The molecule has 19 heavy (non-hydrogen) atoms. The second-order valence-corrected chi connectivity index (χ2v) is 5.79. The molecule has 0 radical (unpaired) electrons.